The van der Waals surface area contributed by atoms with Crippen molar-refractivity contribution >= 4 is 39.1 Å². The van der Waals surface area contributed by atoms with Crippen LogP contribution >= 0.6 is 11.6 Å². The van der Waals surface area contributed by atoms with Gasteiger partial charge in [0.15, 0.2) is 5.82 Å². The number of hydrogen-bond acceptors (Lipinski definition) is 8. The zero-order valence-corrected chi connectivity index (χ0v) is 28.6. The van der Waals surface area contributed by atoms with E-state index >= 15 is 8.78 Å². The number of morpholine rings is 1. The summed E-state index contributed by atoms with van der Waals surface area (Å²) < 4.78 is 44.6. The van der Waals surface area contributed by atoms with Crippen molar-refractivity contribution in [2.75, 3.05) is 50.9 Å². The first kappa shape index (κ1) is 31.7. The molecule has 258 valence electrons. The molecule has 1 spiro atoms. The van der Waals surface area contributed by atoms with Gasteiger partial charge >= 0.3 is 6.01 Å². The molecule has 0 amide bonds. The number of benzene rings is 3. The van der Waals surface area contributed by atoms with Crippen molar-refractivity contribution in [3.8, 4) is 22.9 Å². The third-order valence-corrected chi connectivity index (χ3v) is 12.3. The van der Waals surface area contributed by atoms with Gasteiger partial charge in [-0.05, 0) is 97.5 Å². The summed E-state index contributed by atoms with van der Waals surface area (Å²) in [4.78, 5) is 14.5. The van der Waals surface area contributed by atoms with Gasteiger partial charge in [0, 0.05) is 60.2 Å². The van der Waals surface area contributed by atoms with Crippen molar-refractivity contribution in [1.29, 1.82) is 0 Å². The number of aromatic hydroxyl groups is 1. The van der Waals surface area contributed by atoms with Crippen LogP contribution in [0, 0.1) is 17.0 Å². The number of rotatable bonds is 8. The number of phenolic OH excluding ortho intramolecular Hbond substituents is 1. The number of anilines is 1. The van der Waals surface area contributed by atoms with Gasteiger partial charge in [-0.25, -0.2) is 8.78 Å². The van der Waals surface area contributed by atoms with E-state index in [0.29, 0.717) is 58.2 Å². The second-order valence-electron chi connectivity index (χ2n) is 15.1. The Hall–Kier alpha value is -3.31. The maximum atomic E-state index is 17.2. The molecule has 2 unspecified atom stereocenters. The van der Waals surface area contributed by atoms with Crippen LogP contribution in [0.4, 0.5) is 14.6 Å². The topological polar surface area (TPSA) is 83.0 Å². The Morgan fingerprint density at radius 3 is 2.59 bits per heavy atom. The maximum Gasteiger partial charge on any atom is 0.319 e. The molecule has 8 nitrogen and oxygen atoms in total. The fraction of sp³-hybridized carbons (Fsp3) is 0.526. The van der Waals surface area contributed by atoms with Crippen LogP contribution in [0.3, 0.4) is 0 Å². The second kappa shape index (κ2) is 11.9. The van der Waals surface area contributed by atoms with Crippen molar-refractivity contribution in [3.05, 3.63) is 52.6 Å². The van der Waals surface area contributed by atoms with Gasteiger partial charge < -0.3 is 24.8 Å². The average molecular weight is 690 g/mol. The van der Waals surface area contributed by atoms with E-state index in [1.807, 2.05) is 6.92 Å². The molecule has 11 heteroatoms. The highest BCUT2D eigenvalue weighted by Crippen LogP contribution is 2.50. The van der Waals surface area contributed by atoms with Crippen LogP contribution in [-0.2, 0) is 11.2 Å². The Morgan fingerprint density at radius 2 is 1.88 bits per heavy atom. The predicted molar refractivity (Wildman–Crippen MR) is 187 cm³/mol. The van der Waals surface area contributed by atoms with Gasteiger partial charge in [0.2, 0.25) is 0 Å². The number of phenols is 1. The van der Waals surface area contributed by atoms with Gasteiger partial charge in [0.05, 0.1) is 24.8 Å². The van der Waals surface area contributed by atoms with Crippen LogP contribution < -0.4 is 15.0 Å². The van der Waals surface area contributed by atoms with Crippen molar-refractivity contribution < 1.29 is 23.4 Å². The number of nitrogens with zero attached hydrogens (tertiary/aromatic N) is 4. The Labute approximate surface area is 289 Å². The molecule has 0 radical (unpaired) electrons. The SMILES string of the molecule is CCc1c(F)ccc2cc(O)cc(-c3c(Cl)cc4c(N5CC6CCC(C5)N6)nc(OCC5(CN6CCOCC67CCC7)CC5)nc4c3F)c12. The molecule has 3 aromatic carbocycles. The average Bonchev–Trinajstić information content (AvgIpc) is 3.76. The summed E-state index contributed by atoms with van der Waals surface area (Å²) in [6.45, 7) is 7.24. The molecule has 2 saturated carbocycles. The minimum atomic E-state index is -0.645. The molecule has 5 fully saturated rings. The standard InChI is InChI=1S/C38H42ClF2N5O3/c1-2-26-30(40)7-4-22-14-25(47)15-27(31(22)26)32-29(39)16-28-34(33(32)41)43-36(44-35(28)45-17-23-5-6-24(18-45)42-23)49-20-37(10-11-37)19-46-12-13-48-21-38(46)8-3-9-38/h4,7,14-16,23-24,42,47H,2-3,5-6,8-13,17-21H2,1H3. The number of ether oxygens (including phenoxy) is 2. The van der Waals surface area contributed by atoms with Crippen molar-refractivity contribution in [2.24, 2.45) is 5.41 Å². The number of piperazine rings is 1. The fourth-order valence-corrected chi connectivity index (χ4v) is 9.22. The van der Waals surface area contributed by atoms with Gasteiger partial charge in [-0.15, -0.1) is 0 Å². The Balaban J connectivity index is 1.13. The number of hydrogen-bond donors (Lipinski definition) is 2. The summed E-state index contributed by atoms with van der Waals surface area (Å²) in [5.41, 5.74) is 1.11. The molecule has 2 atom stereocenters. The highest BCUT2D eigenvalue weighted by Gasteiger charge is 2.52. The first-order chi connectivity index (χ1) is 23.7. The molecule has 9 rings (SSSR count). The number of nitrogens with one attached hydrogen (secondary N) is 1. The van der Waals surface area contributed by atoms with Gasteiger partial charge in [0.25, 0.3) is 0 Å². The third kappa shape index (κ3) is 5.41. The number of fused-ring (bicyclic) bond motifs is 4. The van der Waals surface area contributed by atoms with Crippen molar-refractivity contribution in [3.63, 3.8) is 0 Å². The van der Waals surface area contributed by atoms with Crippen LogP contribution in [0.5, 0.6) is 11.8 Å². The Morgan fingerprint density at radius 1 is 1.08 bits per heavy atom. The van der Waals surface area contributed by atoms with Crippen LogP contribution in [0.15, 0.2) is 30.3 Å². The van der Waals surface area contributed by atoms with Crippen LogP contribution in [0.2, 0.25) is 5.02 Å². The lowest BCUT2D eigenvalue weighted by molar-refractivity contribution is -0.115. The predicted octanol–water partition coefficient (Wildman–Crippen LogP) is 7.00. The summed E-state index contributed by atoms with van der Waals surface area (Å²) in [6, 6.07) is 8.53. The minimum absolute atomic E-state index is 0.0113. The highest BCUT2D eigenvalue weighted by atomic mass is 35.5. The van der Waals surface area contributed by atoms with Crippen molar-refractivity contribution in [2.45, 2.75) is 75.9 Å². The van der Waals surface area contributed by atoms with E-state index in [2.05, 4.69) is 15.1 Å². The first-order valence-electron chi connectivity index (χ1n) is 17.9. The van der Waals surface area contributed by atoms with E-state index in [0.717, 1.165) is 65.1 Å². The Kier molecular flexibility index (Phi) is 7.68. The van der Waals surface area contributed by atoms with Gasteiger partial charge in [0.1, 0.15) is 22.9 Å². The van der Waals surface area contributed by atoms with Crippen LogP contribution in [0.25, 0.3) is 32.8 Å². The Bertz CT molecular complexity index is 1960. The molecular weight excluding hydrogens is 648 g/mol. The second-order valence-corrected chi connectivity index (χ2v) is 15.5. The smallest absolute Gasteiger partial charge is 0.319 e. The summed E-state index contributed by atoms with van der Waals surface area (Å²) in [5.74, 6) is -0.483. The van der Waals surface area contributed by atoms with Gasteiger partial charge in [-0.1, -0.05) is 24.6 Å². The normalized spacial score (nSPS) is 24.1. The van der Waals surface area contributed by atoms with E-state index in [-0.39, 0.29) is 44.6 Å². The number of aromatic nitrogens is 2. The molecule has 49 heavy (non-hydrogen) atoms. The zero-order valence-electron chi connectivity index (χ0n) is 27.8. The first-order valence-corrected chi connectivity index (χ1v) is 18.2. The molecule has 2 aliphatic carbocycles. The maximum absolute atomic E-state index is 17.2. The lowest BCUT2D eigenvalue weighted by Crippen LogP contribution is -2.62. The molecule has 3 saturated heterocycles. The third-order valence-electron chi connectivity index (χ3n) is 12.0. The molecule has 5 aliphatic rings. The van der Waals surface area contributed by atoms with E-state index in [9.17, 15) is 5.11 Å². The summed E-state index contributed by atoms with van der Waals surface area (Å²) in [6.07, 6.45) is 8.29. The molecule has 4 heterocycles. The molecular formula is C38H42ClF2N5O3. The summed E-state index contributed by atoms with van der Waals surface area (Å²) in [5, 5.41) is 16.2. The van der Waals surface area contributed by atoms with E-state index in [4.69, 9.17) is 31.0 Å². The number of aryl methyl sites for hydroxylation is 1. The molecule has 2 bridgehead atoms. The monoisotopic (exact) mass is 689 g/mol. The lowest BCUT2D eigenvalue weighted by atomic mass is 9.74. The lowest BCUT2D eigenvalue weighted by Gasteiger charge is -2.53. The number of halogens is 3. The largest absolute Gasteiger partial charge is 0.508 e. The summed E-state index contributed by atoms with van der Waals surface area (Å²) >= 11 is 6.97. The van der Waals surface area contributed by atoms with E-state index in [1.165, 1.54) is 31.4 Å². The van der Waals surface area contributed by atoms with E-state index in [1.54, 1.807) is 18.2 Å². The highest BCUT2D eigenvalue weighted by molar-refractivity contribution is 6.35. The molecule has 2 N–H and O–H groups in total. The van der Waals surface area contributed by atoms with Crippen molar-refractivity contribution in [1.82, 2.24) is 20.2 Å². The summed E-state index contributed by atoms with van der Waals surface area (Å²) in [7, 11) is 0. The van der Waals surface area contributed by atoms with Gasteiger partial charge in [-0.2, -0.15) is 9.97 Å². The van der Waals surface area contributed by atoms with Crippen LogP contribution in [-0.4, -0.2) is 83.6 Å². The fourth-order valence-electron chi connectivity index (χ4n) is 8.93. The molecule has 4 aromatic rings. The molecule has 1 aromatic heterocycles. The quantitative estimate of drug-likeness (QED) is 0.205. The van der Waals surface area contributed by atoms with Crippen LogP contribution in [0.1, 0.15) is 57.4 Å². The minimum Gasteiger partial charge on any atom is -0.508 e. The van der Waals surface area contributed by atoms with Gasteiger partial charge in [-0.3, -0.25) is 4.90 Å². The zero-order chi connectivity index (χ0) is 33.5. The molecule has 3 aliphatic heterocycles. The van der Waals surface area contributed by atoms with E-state index < -0.39 is 5.82 Å².